The number of hydrogen-bond acceptors (Lipinski definition) is 7. The highest BCUT2D eigenvalue weighted by Crippen LogP contribution is 2.33. The van der Waals surface area contributed by atoms with Crippen LogP contribution in [0.3, 0.4) is 0 Å². The van der Waals surface area contributed by atoms with Crippen molar-refractivity contribution < 1.29 is 13.7 Å². The molecule has 1 saturated heterocycles. The summed E-state index contributed by atoms with van der Waals surface area (Å²) < 4.78 is 35.0. The predicted molar refractivity (Wildman–Crippen MR) is 146 cm³/mol. The molecule has 0 amide bonds. The molecule has 3 aromatic heterocycles. The zero-order chi connectivity index (χ0) is 26.2. The van der Waals surface area contributed by atoms with Gasteiger partial charge in [0.2, 0.25) is 5.95 Å². The molecule has 0 aliphatic carbocycles. The lowest BCUT2D eigenvalue weighted by molar-refractivity contribution is 0.113. The highest BCUT2D eigenvalue weighted by atomic mass is 31.2. The third-order valence-corrected chi connectivity index (χ3v) is 7.99. The van der Waals surface area contributed by atoms with Gasteiger partial charge >= 0.3 is 0 Å². The number of aryl methyl sites for hydroxylation is 1. The SMILES string of the molecule is Cc1cc(Nc2ncc3c(F)cn(Cc4cccc(P(C)(C)=O)n4)c3n2)ccc1OC1CCN(C)CC1. The fourth-order valence-corrected chi connectivity index (χ4v) is 5.32. The Morgan fingerprint density at radius 1 is 1.16 bits per heavy atom. The number of halogens is 1. The molecule has 1 aromatic carbocycles. The summed E-state index contributed by atoms with van der Waals surface area (Å²) in [5, 5.41) is 3.56. The van der Waals surface area contributed by atoms with Crippen LogP contribution in [-0.4, -0.2) is 64.0 Å². The summed E-state index contributed by atoms with van der Waals surface area (Å²) in [6, 6.07) is 11.3. The van der Waals surface area contributed by atoms with Crippen molar-refractivity contribution in [2.24, 2.45) is 0 Å². The molecule has 1 N–H and O–H groups in total. The second-order valence-electron chi connectivity index (χ2n) is 10.1. The lowest BCUT2D eigenvalue weighted by atomic mass is 10.1. The van der Waals surface area contributed by atoms with Gasteiger partial charge in [0.15, 0.2) is 5.82 Å². The van der Waals surface area contributed by atoms with Gasteiger partial charge in [0.05, 0.1) is 23.1 Å². The smallest absolute Gasteiger partial charge is 0.229 e. The van der Waals surface area contributed by atoms with Crippen LogP contribution in [0.2, 0.25) is 0 Å². The Labute approximate surface area is 216 Å². The van der Waals surface area contributed by atoms with E-state index in [2.05, 4.69) is 32.2 Å². The lowest BCUT2D eigenvalue weighted by Gasteiger charge is -2.29. The summed E-state index contributed by atoms with van der Waals surface area (Å²) in [6.07, 6.45) is 5.16. The number of likely N-dealkylation sites (tertiary alicyclic amines) is 1. The molecule has 0 bridgehead atoms. The molecular weight excluding hydrogens is 490 g/mol. The summed E-state index contributed by atoms with van der Waals surface area (Å²) in [6.45, 7) is 7.78. The highest BCUT2D eigenvalue weighted by Gasteiger charge is 2.19. The van der Waals surface area contributed by atoms with Crippen LogP contribution in [0.4, 0.5) is 16.0 Å². The second-order valence-corrected chi connectivity index (χ2v) is 13.3. The minimum absolute atomic E-state index is 0.235. The summed E-state index contributed by atoms with van der Waals surface area (Å²) in [5.74, 6) is 0.843. The van der Waals surface area contributed by atoms with E-state index in [-0.39, 0.29) is 6.10 Å². The monoisotopic (exact) mass is 522 g/mol. The Balaban J connectivity index is 1.35. The third kappa shape index (κ3) is 5.84. The lowest BCUT2D eigenvalue weighted by Crippen LogP contribution is -2.35. The summed E-state index contributed by atoms with van der Waals surface area (Å²) in [5.41, 5.74) is 3.54. The molecule has 10 heteroatoms. The maximum absolute atomic E-state index is 14.6. The van der Waals surface area contributed by atoms with E-state index in [0.717, 1.165) is 42.9 Å². The zero-order valence-electron chi connectivity index (χ0n) is 21.6. The van der Waals surface area contributed by atoms with E-state index in [4.69, 9.17) is 4.74 Å². The Hall–Kier alpha value is -3.29. The van der Waals surface area contributed by atoms with E-state index in [9.17, 15) is 8.96 Å². The van der Waals surface area contributed by atoms with E-state index in [0.29, 0.717) is 34.7 Å². The average molecular weight is 523 g/mol. The maximum atomic E-state index is 14.6. The van der Waals surface area contributed by atoms with E-state index < -0.39 is 13.0 Å². The minimum Gasteiger partial charge on any atom is -0.490 e. The van der Waals surface area contributed by atoms with Gasteiger partial charge in [0.1, 0.15) is 24.6 Å². The van der Waals surface area contributed by atoms with Crippen LogP contribution in [0.5, 0.6) is 5.75 Å². The van der Waals surface area contributed by atoms with Crippen molar-refractivity contribution in [3.05, 3.63) is 65.9 Å². The third-order valence-electron chi connectivity index (χ3n) is 6.63. The number of piperidine rings is 1. The maximum Gasteiger partial charge on any atom is 0.229 e. The first-order valence-electron chi connectivity index (χ1n) is 12.4. The number of hydrogen-bond donors (Lipinski definition) is 1. The van der Waals surface area contributed by atoms with Crippen molar-refractivity contribution in [2.45, 2.75) is 32.4 Å². The van der Waals surface area contributed by atoms with Crippen LogP contribution in [0.25, 0.3) is 11.0 Å². The van der Waals surface area contributed by atoms with Gasteiger partial charge in [-0.05, 0) is 76.0 Å². The van der Waals surface area contributed by atoms with E-state index >= 15 is 0 Å². The molecule has 1 aliphatic rings. The van der Waals surface area contributed by atoms with E-state index in [1.165, 1.54) is 12.4 Å². The molecule has 4 heterocycles. The van der Waals surface area contributed by atoms with Crippen molar-refractivity contribution in [2.75, 3.05) is 38.8 Å². The van der Waals surface area contributed by atoms with Crippen molar-refractivity contribution in [3.8, 4) is 5.75 Å². The number of nitrogens with one attached hydrogen (secondary N) is 1. The van der Waals surface area contributed by atoms with Crippen molar-refractivity contribution in [1.29, 1.82) is 0 Å². The first-order chi connectivity index (χ1) is 17.7. The molecule has 0 saturated carbocycles. The van der Waals surface area contributed by atoms with Crippen molar-refractivity contribution in [1.82, 2.24) is 24.4 Å². The van der Waals surface area contributed by atoms with Gasteiger partial charge in [-0.25, -0.2) is 14.4 Å². The molecule has 0 spiro atoms. The second kappa shape index (κ2) is 10.2. The average Bonchev–Trinajstić information content (AvgIpc) is 3.16. The zero-order valence-corrected chi connectivity index (χ0v) is 22.5. The van der Waals surface area contributed by atoms with Crippen LogP contribution < -0.4 is 15.5 Å². The number of benzene rings is 1. The Morgan fingerprint density at radius 3 is 2.68 bits per heavy atom. The van der Waals surface area contributed by atoms with Crippen molar-refractivity contribution in [3.63, 3.8) is 0 Å². The standard InChI is InChI=1S/C27H32FN6O2P/c1-18-14-19(8-9-24(18)36-21-10-12-33(2)13-11-21)31-27-29-15-22-23(28)17-34(26(22)32-27)16-20-6-5-7-25(30-20)37(3,4)35/h5-9,14-15,17,21H,10-13,16H2,1-4H3,(H,29,31,32). The molecule has 4 aromatic rings. The van der Waals surface area contributed by atoms with Crippen LogP contribution in [0, 0.1) is 12.7 Å². The molecule has 0 atom stereocenters. The summed E-state index contributed by atoms with van der Waals surface area (Å²) in [4.78, 5) is 15.8. The van der Waals surface area contributed by atoms with Crippen LogP contribution in [0.1, 0.15) is 24.1 Å². The molecular formula is C27H32FN6O2P. The molecule has 5 rings (SSSR count). The van der Waals surface area contributed by atoms with E-state index in [1.54, 1.807) is 24.0 Å². The largest absolute Gasteiger partial charge is 0.490 e. The first kappa shape index (κ1) is 25.4. The number of ether oxygens (including phenoxy) is 1. The van der Waals surface area contributed by atoms with Gasteiger partial charge < -0.3 is 24.1 Å². The quantitative estimate of drug-likeness (QED) is 0.350. The summed E-state index contributed by atoms with van der Waals surface area (Å²) in [7, 11) is -0.365. The summed E-state index contributed by atoms with van der Waals surface area (Å²) >= 11 is 0. The molecule has 1 aliphatic heterocycles. The molecule has 0 radical (unpaired) electrons. The number of nitrogens with zero attached hydrogens (tertiary/aromatic N) is 5. The molecule has 194 valence electrons. The Bertz CT molecular complexity index is 1480. The normalized spacial score (nSPS) is 15.3. The minimum atomic E-state index is -2.50. The Kier molecular flexibility index (Phi) is 7.01. The molecule has 0 unspecified atom stereocenters. The number of aromatic nitrogens is 4. The number of rotatable bonds is 7. The number of pyridine rings is 1. The molecule has 1 fully saturated rings. The molecule has 37 heavy (non-hydrogen) atoms. The number of fused-ring (bicyclic) bond motifs is 1. The van der Waals surface area contributed by atoms with Crippen LogP contribution >= 0.6 is 7.14 Å². The van der Waals surface area contributed by atoms with Gasteiger partial charge in [0, 0.05) is 31.2 Å². The first-order valence-corrected chi connectivity index (χ1v) is 15.0. The topological polar surface area (TPSA) is 85.2 Å². The van der Waals surface area contributed by atoms with Crippen molar-refractivity contribution >= 4 is 35.2 Å². The predicted octanol–water partition coefficient (Wildman–Crippen LogP) is 4.79. The fraction of sp³-hybridized carbons (Fsp3) is 0.370. The molecule has 8 nitrogen and oxygen atoms in total. The highest BCUT2D eigenvalue weighted by molar-refractivity contribution is 7.69. The van der Waals surface area contributed by atoms with Crippen LogP contribution in [0.15, 0.2) is 48.8 Å². The van der Waals surface area contributed by atoms with Gasteiger partial charge in [-0.15, -0.1) is 0 Å². The Morgan fingerprint density at radius 2 is 1.95 bits per heavy atom. The van der Waals surface area contributed by atoms with E-state index in [1.807, 2.05) is 37.3 Å². The number of anilines is 2. The van der Waals surface area contributed by atoms with Gasteiger partial charge in [-0.3, -0.25) is 0 Å². The van der Waals surface area contributed by atoms with Crippen LogP contribution in [-0.2, 0) is 11.1 Å². The van der Waals surface area contributed by atoms with Gasteiger partial charge in [-0.2, -0.15) is 4.98 Å². The fourth-order valence-electron chi connectivity index (χ4n) is 4.51. The van der Waals surface area contributed by atoms with Gasteiger partial charge in [0.25, 0.3) is 0 Å². The van der Waals surface area contributed by atoms with Gasteiger partial charge in [-0.1, -0.05) is 6.07 Å².